The summed E-state index contributed by atoms with van der Waals surface area (Å²) in [5, 5.41) is 5.79. The van der Waals surface area contributed by atoms with E-state index in [1.54, 1.807) is 0 Å². The molecular formula is C33H38N8O. The monoisotopic (exact) mass is 562 g/mol. The number of fused-ring (bicyclic) bond motifs is 1. The van der Waals surface area contributed by atoms with E-state index in [9.17, 15) is 0 Å². The molecule has 0 aliphatic carbocycles. The highest BCUT2D eigenvalue weighted by Crippen LogP contribution is 2.33. The second kappa shape index (κ2) is 12.3. The molecule has 0 saturated carbocycles. The van der Waals surface area contributed by atoms with Crippen molar-refractivity contribution in [1.82, 2.24) is 29.5 Å². The Morgan fingerprint density at radius 2 is 1.17 bits per heavy atom. The van der Waals surface area contributed by atoms with Gasteiger partial charge in [0, 0.05) is 52.4 Å². The lowest BCUT2D eigenvalue weighted by molar-refractivity contribution is 0.212. The zero-order valence-corrected chi connectivity index (χ0v) is 24.0. The van der Waals surface area contributed by atoms with Crippen molar-refractivity contribution in [2.45, 2.75) is 6.04 Å². The summed E-state index contributed by atoms with van der Waals surface area (Å²) in [4.78, 5) is 20.0. The van der Waals surface area contributed by atoms with E-state index in [4.69, 9.17) is 15.1 Å². The molecule has 9 nitrogen and oxygen atoms in total. The highest BCUT2D eigenvalue weighted by atomic mass is 16.0. The number of rotatable bonds is 6. The highest BCUT2D eigenvalue weighted by Gasteiger charge is 2.29. The molecule has 2 aliphatic heterocycles. The fourth-order valence-electron chi connectivity index (χ4n) is 6.11. The van der Waals surface area contributed by atoms with Crippen LogP contribution in [-0.4, -0.2) is 94.4 Å². The van der Waals surface area contributed by atoms with Crippen LogP contribution in [0.2, 0.25) is 0 Å². The largest absolute Gasteiger partial charge is 0.412 e. The van der Waals surface area contributed by atoms with Crippen LogP contribution in [0, 0.1) is 0 Å². The van der Waals surface area contributed by atoms with Gasteiger partial charge < -0.3 is 20.2 Å². The van der Waals surface area contributed by atoms with Crippen LogP contribution in [0.25, 0.3) is 16.7 Å². The van der Waals surface area contributed by atoms with Gasteiger partial charge in [-0.15, -0.1) is 0 Å². The van der Waals surface area contributed by atoms with Gasteiger partial charge in [0.15, 0.2) is 5.65 Å². The van der Waals surface area contributed by atoms with E-state index in [2.05, 4.69) is 99.4 Å². The van der Waals surface area contributed by atoms with Crippen LogP contribution in [0.4, 0.5) is 11.8 Å². The molecule has 0 amide bonds. The maximum atomic E-state index is 5.22. The molecule has 7 rings (SSSR count). The molecule has 3 aromatic carbocycles. The summed E-state index contributed by atoms with van der Waals surface area (Å²) in [5.41, 5.74) is 4.54. The number of benzene rings is 3. The maximum Gasteiger partial charge on any atom is 0.229 e. The second-order valence-electron chi connectivity index (χ2n) is 11.0. The van der Waals surface area contributed by atoms with Gasteiger partial charge in [-0.25, -0.2) is 4.68 Å². The van der Waals surface area contributed by atoms with Crippen molar-refractivity contribution in [3.8, 4) is 5.69 Å². The average molecular weight is 563 g/mol. The Hall–Kier alpha value is -4.31. The zero-order valence-electron chi connectivity index (χ0n) is 24.0. The smallest absolute Gasteiger partial charge is 0.229 e. The predicted molar refractivity (Wildman–Crippen MR) is 168 cm³/mol. The third-order valence-electron chi connectivity index (χ3n) is 8.39. The Balaban J connectivity index is 0.00000316. The van der Waals surface area contributed by atoms with Crippen LogP contribution in [0.15, 0.2) is 97.2 Å². The Labute approximate surface area is 246 Å². The van der Waals surface area contributed by atoms with E-state index in [0.29, 0.717) is 0 Å². The molecule has 9 heteroatoms. The second-order valence-corrected chi connectivity index (χ2v) is 11.0. The van der Waals surface area contributed by atoms with Crippen LogP contribution in [0.5, 0.6) is 0 Å². The maximum absolute atomic E-state index is 5.22. The van der Waals surface area contributed by atoms with E-state index >= 15 is 0 Å². The van der Waals surface area contributed by atoms with Crippen LogP contribution in [0.3, 0.4) is 0 Å². The lowest BCUT2D eigenvalue weighted by Crippen LogP contribution is -2.48. The van der Waals surface area contributed by atoms with Crippen molar-refractivity contribution in [1.29, 1.82) is 0 Å². The van der Waals surface area contributed by atoms with Gasteiger partial charge >= 0.3 is 0 Å². The Bertz CT molecular complexity index is 1540. The van der Waals surface area contributed by atoms with Crippen LogP contribution in [-0.2, 0) is 0 Å². The van der Waals surface area contributed by atoms with E-state index in [1.165, 1.54) is 11.1 Å². The summed E-state index contributed by atoms with van der Waals surface area (Å²) in [6.07, 6.45) is 1.94. The summed E-state index contributed by atoms with van der Waals surface area (Å²) < 4.78 is 1.96. The molecule has 0 bridgehead atoms. The molecule has 2 aromatic heterocycles. The lowest BCUT2D eigenvalue weighted by Gasteiger charge is -2.40. The van der Waals surface area contributed by atoms with Crippen molar-refractivity contribution in [2.75, 3.05) is 69.2 Å². The fraction of sp³-hybridized carbons (Fsp3) is 0.303. The summed E-state index contributed by atoms with van der Waals surface area (Å²) >= 11 is 0. The quantitative estimate of drug-likeness (QED) is 0.312. The van der Waals surface area contributed by atoms with Gasteiger partial charge in [-0.3, -0.25) is 4.90 Å². The molecule has 5 aromatic rings. The van der Waals surface area contributed by atoms with Crippen LogP contribution in [0.1, 0.15) is 17.2 Å². The van der Waals surface area contributed by atoms with Crippen molar-refractivity contribution in [3.63, 3.8) is 0 Å². The lowest BCUT2D eigenvalue weighted by atomic mass is 9.96. The minimum Gasteiger partial charge on any atom is -0.412 e. The van der Waals surface area contributed by atoms with Gasteiger partial charge in [0.25, 0.3) is 0 Å². The molecule has 0 spiro atoms. The van der Waals surface area contributed by atoms with Gasteiger partial charge in [0.2, 0.25) is 5.95 Å². The van der Waals surface area contributed by atoms with Gasteiger partial charge in [-0.05, 0) is 30.3 Å². The number of anilines is 2. The van der Waals surface area contributed by atoms with E-state index in [1.807, 2.05) is 29.1 Å². The molecule has 0 radical (unpaired) electrons. The van der Waals surface area contributed by atoms with E-state index in [0.717, 1.165) is 80.8 Å². The first-order valence-electron chi connectivity index (χ1n) is 14.6. The summed E-state index contributed by atoms with van der Waals surface area (Å²) in [7, 11) is 2.18. The third kappa shape index (κ3) is 5.46. The number of likely N-dealkylation sites (N-methyl/N-ethyl adjacent to an activating group) is 1. The Morgan fingerprint density at radius 1 is 0.619 bits per heavy atom. The number of para-hydroxylation sites is 1. The van der Waals surface area contributed by atoms with Crippen LogP contribution < -0.4 is 9.80 Å². The first-order chi connectivity index (χ1) is 20.2. The predicted octanol–water partition coefficient (Wildman–Crippen LogP) is 3.65. The molecule has 0 atom stereocenters. The van der Waals surface area contributed by atoms with Gasteiger partial charge in [0.1, 0.15) is 5.82 Å². The standard InChI is InChI=1S/C33H36N8.H2O/c1-37-17-19-40(20-18-37)33-35-31(29-25-34-41(32(29)36-33)28-15-9-4-10-16-28)39-23-21-38(22-24-39)30(26-11-5-2-6-12-26)27-13-7-3-8-14-27;/h2-16,25,30H,17-24H2,1H3;1H2. The van der Waals surface area contributed by atoms with Crippen molar-refractivity contribution >= 4 is 22.8 Å². The highest BCUT2D eigenvalue weighted by molar-refractivity contribution is 5.89. The summed E-state index contributed by atoms with van der Waals surface area (Å²) in [6, 6.07) is 32.3. The first kappa shape index (κ1) is 27.8. The number of hydrogen-bond acceptors (Lipinski definition) is 7. The van der Waals surface area contributed by atoms with Crippen LogP contribution >= 0.6 is 0 Å². The Morgan fingerprint density at radius 3 is 1.76 bits per heavy atom. The molecule has 42 heavy (non-hydrogen) atoms. The van der Waals surface area contributed by atoms with Gasteiger partial charge in [-0.1, -0.05) is 78.9 Å². The van der Waals surface area contributed by atoms with Crippen molar-refractivity contribution in [3.05, 3.63) is 108 Å². The fourth-order valence-corrected chi connectivity index (χ4v) is 6.11. The van der Waals surface area contributed by atoms with Gasteiger partial charge in [0.05, 0.1) is 23.3 Å². The molecule has 216 valence electrons. The average Bonchev–Trinajstić information content (AvgIpc) is 3.47. The molecule has 0 unspecified atom stereocenters. The molecule has 2 N–H and O–H groups in total. The summed E-state index contributed by atoms with van der Waals surface area (Å²) in [6.45, 7) is 7.52. The number of nitrogens with zero attached hydrogens (tertiary/aromatic N) is 8. The molecular weight excluding hydrogens is 524 g/mol. The Kier molecular flexibility index (Phi) is 8.14. The number of hydrogen-bond donors (Lipinski definition) is 0. The minimum atomic E-state index is 0. The third-order valence-corrected chi connectivity index (χ3v) is 8.39. The van der Waals surface area contributed by atoms with E-state index < -0.39 is 0 Å². The number of aromatic nitrogens is 4. The normalized spacial score (nSPS) is 16.6. The molecule has 2 aliphatic rings. The molecule has 2 fully saturated rings. The zero-order chi connectivity index (χ0) is 27.6. The topological polar surface area (TPSA) is 88.1 Å². The summed E-state index contributed by atoms with van der Waals surface area (Å²) in [5.74, 6) is 1.79. The SMILES string of the molecule is CN1CCN(c2nc(N3CCN(C(c4ccccc4)c4ccccc4)CC3)c3cnn(-c4ccccc4)c3n2)CC1.O. The molecule has 2 saturated heterocycles. The van der Waals surface area contributed by atoms with Gasteiger partial charge in [-0.2, -0.15) is 15.1 Å². The van der Waals surface area contributed by atoms with E-state index in [-0.39, 0.29) is 11.5 Å². The minimum absolute atomic E-state index is 0. The van der Waals surface area contributed by atoms with Crippen molar-refractivity contribution < 1.29 is 5.48 Å². The molecule has 4 heterocycles. The number of piperazine rings is 2. The first-order valence-corrected chi connectivity index (χ1v) is 14.6. The van der Waals surface area contributed by atoms with Crippen molar-refractivity contribution in [2.24, 2.45) is 0 Å².